The molecule has 3 aromatic rings. The third-order valence-corrected chi connectivity index (χ3v) is 3.14. The highest BCUT2D eigenvalue weighted by atomic mass is 15.3. The van der Waals surface area contributed by atoms with E-state index < -0.39 is 0 Å². The van der Waals surface area contributed by atoms with Gasteiger partial charge in [-0.05, 0) is 25.1 Å². The molecule has 0 saturated heterocycles. The number of nitrogen functional groups attached to an aromatic ring is 1. The van der Waals surface area contributed by atoms with Crippen molar-refractivity contribution in [3.8, 4) is 0 Å². The Balaban J connectivity index is 1.88. The molecular weight excluding hydrogens is 266 g/mol. The number of aromatic nitrogens is 4. The summed E-state index contributed by atoms with van der Waals surface area (Å²) in [7, 11) is 0. The fraction of sp³-hybridized carbons (Fsp3) is 0.214. The van der Waals surface area contributed by atoms with Gasteiger partial charge in [0.2, 0.25) is 5.95 Å². The van der Waals surface area contributed by atoms with Gasteiger partial charge >= 0.3 is 0 Å². The van der Waals surface area contributed by atoms with Crippen molar-refractivity contribution in [3.63, 3.8) is 0 Å². The molecule has 4 N–H and O–H groups in total. The van der Waals surface area contributed by atoms with Crippen LogP contribution >= 0.6 is 0 Å². The molecule has 3 rings (SSSR count). The van der Waals surface area contributed by atoms with Gasteiger partial charge in [-0.25, -0.2) is 10.8 Å². The van der Waals surface area contributed by atoms with Crippen molar-refractivity contribution < 1.29 is 0 Å². The first-order chi connectivity index (χ1) is 10.3. The third-order valence-electron chi connectivity index (χ3n) is 3.14. The van der Waals surface area contributed by atoms with Crippen molar-refractivity contribution in [1.29, 1.82) is 0 Å². The van der Waals surface area contributed by atoms with Crippen LogP contribution in [0.15, 0.2) is 42.7 Å². The van der Waals surface area contributed by atoms with E-state index in [9.17, 15) is 0 Å². The smallest absolute Gasteiger partial charge is 0.239 e. The fourth-order valence-electron chi connectivity index (χ4n) is 2.22. The Morgan fingerprint density at radius 1 is 1.24 bits per heavy atom. The van der Waals surface area contributed by atoms with Crippen molar-refractivity contribution in [2.45, 2.75) is 19.5 Å². The SMILES string of the molecule is CC(Cn1cccn1)Nc1nc(NN)nc2ccccc12. The Morgan fingerprint density at radius 2 is 2.10 bits per heavy atom. The van der Waals surface area contributed by atoms with Gasteiger partial charge in [0.1, 0.15) is 5.82 Å². The van der Waals surface area contributed by atoms with E-state index in [0.29, 0.717) is 5.95 Å². The predicted molar refractivity (Wildman–Crippen MR) is 82.7 cm³/mol. The number of para-hydroxylation sites is 1. The molecular formula is C14H17N7. The second-order valence-corrected chi connectivity index (χ2v) is 4.83. The van der Waals surface area contributed by atoms with Gasteiger partial charge in [-0.3, -0.25) is 10.1 Å². The van der Waals surface area contributed by atoms with Crippen molar-refractivity contribution in [1.82, 2.24) is 19.7 Å². The van der Waals surface area contributed by atoms with Crippen LogP contribution in [0.2, 0.25) is 0 Å². The monoisotopic (exact) mass is 283 g/mol. The molecule has 0 aliphatic carbocycles. The highest BCUT2D eigenvalue weighted by Gasteiger charge is 2.10. The molecule has 0 aliphatic rings. The van der Waals surface area contributed by atoms with Gasteiger partial charge in [-0.2, -0.15) is 10.1 Å². The number of hydrogen-bond acceptors (Lipinski definition) is 6. The zero-order valence-corrected chi connectivity index (χ0v) is 11.7. The Kier molecular flexibility index (Phi) is 3.65. The average Bonchev–Trinajstić information content (AvgIpc) is 2.99. The van der Waals surface area contributed by atoms with Crippen LogP contribution < -0.4 is 16.6 Å². The van der Waals surface area contributed by atoms with Crippen molar-refractivity contribution >= 4 is 22.7 Å². The molecule has 0 fully saturated rings. The lowest BCUT2D eigenvalue weighted by atomic mass is 10.2. The molecule has 7 heteroatoms. The first-order valence-corrected chi connectivity index (χ1v) is 6.73. The maximum absolute atomic E-state index is 5.43. The minimum atomic E-state index is 0.161. The molecule has 0 spiro atoms. The summed E-state index contributed by atoms with van der Waals surface area (Å²) in [6, 6.07) is 9.88. The van der Waals surface area contributed by atoms with Crippen LogP contribution in [0.3, 0.4) is 0 Å². The molecule has 0 amide bonds. The predicted octanol–water partition coefficient (Wildman–Crippen LogP) is 1.61. The van der Waals surface area contributed by atoms with Crippen LogP contribution in [-0.2, 0) is 6.54 Å². The van der Waals surface area contributed by atoms with Gasteiger partial charge in [0.25, 0.3) is 0 Å². The molecule has 108 valence electrons. The molecule has 0 aliphatic heterocycles. The highest BCUT2D eigenvalue weighted by Crippen LogP contribution is 2.22. The number of fused-ring (bicyclic) bond motifs is 1. The molecule has 7 nitrogen and oxygen atoms in total. The normalized spacial score (nSPS) is 12.3. The standard InChI is InChI=1S/C14H17N7/c1-10(9-21-8-4-7-16-21)17-13-11-5-2-3-6-12(11)18-14(19-13)20-15/h2-8,10H,9,15H2,1H3,(H2,17,18,19,20). The maximum Gasteiger partial charge on any atom is 0.239 e. The van der Waals surface area contributed by atoms with Crippen LogP contribution in [0, 0.1) is 0 Å². The molecule has 21 heavy (non-hydrogen) atoms. The second-order valence-electron chi connectivity index (χ2n) is 4.83. The number of nitrogens with zero attached hydrogens (tertiary/aromatic N) is 4. The summed E-state index contributed by atoms with van der Waals surface area (Å²) in [5.41, 5.74) is 3.34. The summed E-state index contributed by atoms with van der Waals surface area (Å²) in [5, 5.41) is 8.56. The van der Waals surface area contributed by atoms with Crippen LogP contribution in [0.4, 0.5) is 11.8 Å². The summed E-state index contributed by atoms with van der Waals surface area (Å²) in [5.74, 6) is 6.58. The minimum absolute atomic E-state index is 0.161. The number of hydrogen-bond donors (Lipinski definition) is 3. The van der Waals surface area contributed by atoms with Crippen molar-refractivity contribution in [2.24, 2.45) is 5.84 Å². The molecule has 1 unspecified atom stereocenters. The lowest BCUT2D eigenvalue weighted by Gasteiger charge is -2.16. The Hall–Kier alpha value is -2.67. The summed E-state index contributed by atoms with van der Waals surface area (Å²) in [4.78, 5) is 8.73. The zero-order valence-electron chi connectivity index (χ0n) is 11.7. The summed E-state index contributed by atoms with van der Waals surface area (Å²) < 4.78 is 1.88. The Morgan fingerprint density at radius 3 is 2.86 bits per heavy atom. The number of benzene rings is 1. The topological polar surface area (TPSA) is 93.7 Å². The first kappa shape index (κ1) is 13.3. The van der Waals surface area contributed by atoms with E-state index in [1.165, 1.54) is 0 Å². The number of anilines is 2. The van der Waals surface area contributed by atoms with Gasteiger partial charge in [0, 0.05) is 23.8 Å². The Bertz CT molecular complexity index is 723. The van der Waals surface area contributed by atoms with E-state index in [2.05, 4.69) is 32.7 Å². The lowest BCUT2D eigenvalue weighted by molar-refractivity contribution is 0.560. The number of hydrazine groups is 1. The number of rotatable bonds is 5. The quantitative estimate of drug-likeness (QED) is 0.486. The second kappa shape index (κ2) is 5.76. The van der Waals surface area contributed by atoms with E-state index in [4.69, 9.17) is 5.84 Å². The van der Waals surface area contributed by atoms with Crippen LogP contribution in [0.25, 0.3) is 10.9 Å². The third kappa shape index (κ3) is 2.92. The van der Waals surface area contributed by atoms with Gasteiger partial charge in [-0.15, -0.1) is 0 Å². The van der Waals surface area contributed by atoms with Crippen LogP contribution in [-0.4, -0.2) is 25.8 Å². The van der Waals surface area contributed by atoms with E-state index in [1.54, 1.807) is 6.20 Å². The summed E-state index contributed by atoms with van der Waals surface area (Å²) in [6.45, 7) is 2.82. The summed E-state index contributed by atoms with van der Waals surface area (Å²) >= 11 is 0. The molecule has 2 heterocycles. The lowest BCUT2D eigenvalue weighted by Crippen LogP contribution is -2.23. The maximum atomic E-state index is 5.43. The number of nitrogens with one attached hydrogen (secondary N) is 2. The van der Waals surface area contributed by atoms with Crippen LogP contribution in [0.1, 0.15) is 6.92 Å². The Labute approximate surface area is 122 Å². The van der Waals surface area contributed by atoms with Crippen molar-refractivity contribution in [3.05, 3.63) is 42.7 Å². The van der Waals surface area contributed by atoms with Gasteiger partial charge in [-0.1, -0.05) is 12.1 Å². The molecule has 1 aromatic carbocycles. The van der Waals surface area contributed by atoms with E-state index in [0.717, 1.165) is 23.3 Å². The van der Waals surface area contributed by atoms with E-state index in [-0.39, 0.29) is 6.04 Å². The van der Waals surface area contributed by atoms with Crippen LogP contribution in [0.5, 0.6) is 0 Å². The molecule has 1 atom stereocenters. The minimum Gasteiger partial charge on any atom is -0.365 e. The van der Waals surface area contributed by atoms with Crippen molar-refractivity contribution in [2.75, 3.05) is 10.7 Å². The van der Waals surface area contributed by atoms with E-state index in [1.807, 2.05) is 41.2 Å². The largest absolute Gasteiger partial charge is 0.365 e. The van der Waals surface area contributed by atoms with Gasteiger partial charge < -0.3 is 5.32 Å². The molecule has 0 saturated carbocycles. The molecule has 0 bridgehead atoms. The fourth-order valence-corrected chi connectivity index (χ4v) is 2.22. The van der Waals surface area contributed by atoms with Gasteiger partial charge in [0.05, 0.1) is 12.1 Å². The highest BCUT2D eigenvalue weighted by molar-refractivity contribution is 5.90. The number of nitrogens with two attached hydrogens (primary N) is 1. The average molecular weight is 283 g/mol. The molecule has 2 aromatic heterocycles. The zero-order chi connectivity index (χ0) is 14.7. The first-order valence-electron chi connectivity index (χ1n) is 6.73. The molecule has 0 radical (unpaired) electrons. The van der Waals surface area contributed by atoms with Gasteiger partial charge in [0.15, 0.2) is 0 Å². The summed E-state index contributed by atoms with van der Waals surface area (Å²) in [6.07, 6.45) is 3.70. The van der Waals surface area contributed by atoms with E-state index >= 15 is 0 Å².